The van der Waals surface area contributed by atoms with Crippen molar-refractivity contribution in [1.29, 1.82) is 0 Å². The van der Waals surface area contributed by atoms with Crippen LogP contribution in [0.4, 0.5) is 11.4 Å². The lowest BCUT2D eigenvalue weighted by Gasteiger charge is -2.12. The van der Waals surface area contributed by atoms with Gasteiger partial charge in [-0.3, -0.25) is 14.7 Å². The molecule has 1 rings (SSSR count). The molecule has 2 N–H and O–H groups in total. The number of hydrogen-bond acceptors (Lipinski definition) is 4. The normalized spacial score (nSPS) is 13.7. The van der Waals surface area contributed by atoms with Gasteiger partial charge in [0.15, 0.2) is 0 Å². The first kappa shape index (κ1) is 17.7. The Morgan fingerprint density at radius 3 is 2.52 bits per heavy atom. The lowest BCUT2D eigenvalue weighted by Crippen LogP contribution is -2.10. The van der Waals surface area contributed by atoms with Gasteiger partial charge < -0.3 is 10.2 Å². The van der Waals surface area contributed by atoms with Crippen LogP contribution in [0.3, 0.4) is 0 Å². The molecule has 0 heterocycles. The van der Waals surface area contributed by atoms with E-state index in [1.165, 1.54) is 18.2 Å². The van der Waals surface area contributed by atoms with Gasteiger partial charge in [-0.1, -0.05) is 32.6 Å². The zero-order valence-corrected chi connectivity index (χ0v) is 13.4. The third-order valence-corrected chi connectivity index (χ3v) is 5.42. The number of anilines is 1. The molecule has 0 radical (unpaired) electrons. The molecule has 21 heavy (non-hydrogen) atoms. The predicted octanol–water partition coefficient (Wildman–Crippen LogP) is 3.50. The Morgan fingerprint density at radius 1 is 1.29 bits per heavy atom. The molecule has 118 valence electrons. The van der Waals surface area contributed by atoms with E-state index in [1.807, 2.05) is 0 Å². The Kier molecular flexibility index (Phi) is 6.85. The lowest BCUT2D eigenvalue weighted by molar-refractivity contribution is -0.383. The van der Waals surface area contributed by atoms with E-state index in [0.29, 0.717) is 12.1 Å². The van der Waals surface area contributed by atoms with E-state index in [2.05, 4.69) is 12.2 Å². The fourth-order valence-electron chi connectivity index (χ4n) is 2.16. The molecule has 1 aromatic rings. The highest BCUT2D eigenvalue weighted by Gasteiger charge is 2.24. The monoisotopic (exact) mass is 314 g/mol. The van der Waals surface area contributed by atoms with Crippen LogP contribution in [0, 0.1) is 10.1 Å². The molecule has 0 aromatic heterocycles. The van der Waals surface area contributed by atoms with E-state index >= 15 is 0 Å². The fourth-order valence-corrected chi connectivity index (χ4v) is 3.70. The van der Waals surface area contributed by atoms with Crippen LogP contribution in [0.25, 0.3) is 0 Å². The number of benzene rings is 1. The molecule has 6 nitrogen and oxygen atoms in total. The van der Waals surface area contributed by atoms with Crippen molar-refractivity contribution in [2.24, 2.45) is 0 Å². The minimum absolute atomic E-state index is 0.156. The third-order valence-electron chi connectivity index (χ3n) is 3.42. The molecule has 0 saturated carbocycles. The Labute approximate surface area is 125 Å². The Bertz CT molecular complexity index is 534. The van der Waals surface area contributed by atoms with Gasteiger partial charge in [0.25, 0.3) is 5.69 Å². The zero-order valence-electron chi connectivity index (χ0n) is 12.5. The van der Waals surface area contributed by atoms with Gasteiger partial charge in [0.1, 0.15) is 5.69 Å². The van der Waals surface area contributed by atoms with Gasteiger partial charge in [-0.05, 0) is 18.6 Å². The topological polar surface area (TPSA) is 92.5 Å². The highest BCUT2D eigenvalue weighted by atomic mass is 31.2. The summed E-state index contributed by atoms with van der Waals surface area (Å²) in [6.45, 7) is 2.11. The van der Waals surface area contributed by atoms with Gasteiger partial charge in [0, 0.05) is 24.6 Å². The first-order chi connectivity index (χ1) is 9.92. The second-order valence-corrected chi connectivity index (χ2v) is 7.41. The van der Waals surface area contributed by atoms with Gasteiger partial charge in [-0.25, -0.2) is 0 Å². The zero-order chi connectivity index (χ0) is 15.9. The predicted molar refractivity (Wildman–Crippen MR) is 85.7 cm³/mol. The van der Waals surface area contributed by atoms with E-state index in [9.17, 15) is 19.6 Å². The van der Waals surface area contributed by atoms with Crippen molar-refractivity contribution in [1.82, 2.24) is 0 Å². The van der Waals surface area contributed by atoms with Crippen molar-refractivity contribution < 1.29 is 14.4 Å². The van der Waals surface area contributed by atoms with E-state index in [-0.39, 0.29) is 17.2 Å². The summed E-state index contributed by atoms with van der Waals surface area (Å²) in [6.07, 6.45) is 5.04. The number of nitrogens with one attached hydrogen (secondary N) is 1. The van der Waals surface area contributed by atoms with Gasteiger partial charge >= 0.3 is 0 Å². The molecule has 0 saturated heterocycles. The average molecular weight is 314 g/mol. The average Bonchev–Trinajstić information content (AvgIpc) is 2.46. The summed E-state index contributed by atoms with van der Waals surface area (Å²) in [7, 11) is -1.95. The number of hydrogen-bond donors (Lipinski definition) is 2. The maximum absolute atomic E-state index is 12.3. The fraction of sp³-hybridized carbons (Fsp3) is 0.571. The van der Waals surface area contributed by atoms with Crippen molar-refractivity contribution in [3.8, 4) is 0 Å². The minimum Gasteiger partial charge on any atom is -0.383 e. The van der Waals surface area contributed by atoms with Gasteiger partial charge in [-0.15, -0.1) is 0 Å². The largest absolute Gasteiger partial charge is 0.383 e. The summed E-state index contributed by atoms with van der Waals surface area (Å²) < 4.78 is 12.3. The summed E-state index contributed by atoms with van der Waals surface area (Å²) in [5.41, 5.74) is 0.168. The van der Waals surface area contributed by atoms with Crippen LogP contribution in [0.2, 0.25) is 0 Å². The standard InChI is InChI=1S/C14H23N2O4P/c1-3-4-5-6-7-10-21(19,20)12-8-9-13(15-2)14(11-12)16(17)18/h8-9,11,15H,3-7,10H2,1-2H3,(H,19,20). The molecule has 0 aliphatic heterocycles. The number of rotatable bonds is 9. The van der Waals surface area contributed by atoms with Crippen LogP contribution in [0.1, 0.15) is 39.0 Å². The molecule has 0 aliphatic rings. The van der Waals surface area contributed by atoms with Crippen molar-refractivity contribution in [2.75, 3.05) is 18.5 Å². The van der Waals surface area contributed by atoms with Crippen LogP contribution in [-0.2, 0) is 4.57 Å². The minimum atomic E-state index is -3.52. The van der Waals surface area contributed by atoms with Crippen LogP contribution in [-0.4, -0.2) is 23.0 Å². The van der Waals surface area contributed by atoms with E-state index in [1.54, 1.807) is 7.05 Å². The van der Waals surface area contributed by atoms with Crippen LogP contribution in [0.15, 0.2) is 18.2 Å². The van der Waals surface area contributed by atoms with Crippen molar-refractivity contribution in [2.45, 2.75) is 39.0 Å². The van der Waals surface area contributed by atoms with Crippen molar-refractivity contribution in [3.05, 3.63) is 28.3 Å². The maximum Gasteiger partial charge on any atom is 0.293 e. The highest BCUT2D eigenvalue weighted by molar-refractivity contribution is 7.66. The van der Waals surface area contributed by atoms with Crippen LogP contribution >= 0.6 is 7.37 Å². The second-order valence-electron chi connectivity index (χ2n) is 5.05. The molecular formula is C14H23N2O4P. The maximum atomic E-state index is 12.3. The highest BCUT2D eigenvalue weighted by Crippen LogP contribution is 2.42. The smallest absolute Gasteiger partial charge is 0.293 e. The molecule has 0 aliphatic carbocycles. The number of unbranched alkanes of at least 4 members (excludes halogenated alkanes) is 4. The molecule has 0 bridgehead atoms. The van der Waals surface area contributed by atoms with Gasteiger partial charge in [0.2, 0.25) is 7.37 Å². The van der Waals surface area contributed by atoms with Crippen molar-refractivity contribution >= 4 is 24.0 Å². The molecule has 1 unspecified atom stereocenters. The first-order valence-electron chi connectivity index (χ1n) is 7.21. The van der Waals surface area contributed by atoms with Crippen molar-refractivity contribution in [3.63, 3.8) is 0 Å². The summed E-state index contributed by atoms with van der Waals surface area (Å²) in [5, 5.41) is 13.9. The van der Waals surface area contributed by atoms with E-state index in [4.69, 9.17) is 0 Å². The van der Waals surface area contributed by atoms with Gasteiger partial charge in [-0.2, -0.15) is 0 Å². The Hall–Kier alpha value is -1.39. The van der Waals surface area contributed by atoms with E-state index in [0.717, 1.165) is 25.7 Å². The number of nitrogens with zero attached hydrogens (tertiary/aromatic N) is 1. The molecule has 7 heteroatoms. The van der Waals surface area contributed by atoms with Crippen LogP contribution < -0.4 is 10.6 Å². The Balaban J connectivity index is 2.81. The lowest BCUT2D eigenvalue weighted by atomic mass is 10.2. The molecular weight excluding hydrogens is 291 g/mol. The number of nitro groups is 1. The molecule has 0 fully saturated rings. The Morgan fingerprint density at radius 2 is 1.95 bits per heavy atom. The first-order valence-corrected chi connectivity index (χ1v) is 9.05. The van der Waals surface area contributed by atoms with Crippen LogP contribution in [0.5, 0.6) is 0 Å². The number of nitro benzene ring substituents is 1. The summed E-state index contributed by atoms with van der Waals surface area (Å²) in [5.74, 6) is 0. The van der Waals surface area contributed by atoms with E-state index < -0.39 is 12.3 Å². The molecule has 0 spiro atoms. The summed E-state index contributed by atoms with van der Waals surface area (Å²) >= 11 is 0. The molecule has 0 amide bonds. The molecule has 1 aromatic carbocycles. The summed E-state index contributed by atoms with van der Waals surface area (Å²) in [6, 6.07) is 4.18. The third kappa shape index (κ3) is 5.14. The SMILES string of the molecule is CCCCCCCP(=O)(O)c1ccc(NC)c([N+](=O)[O-])c1. The quantitative estimate of drug-likeness (QED) is 0.315. The second kappa shape index (κ2) is 8.15. The summed E-state index contributed by atoms with van der Waals surface area (Å²) in [4.78, 5) is 20.6. The molecule has 1 atom stereocenters. The van der Waals surface area contributed by atoms with Gasteiger partial charge in [0.05, 0.1) is 4.92 Å².